The first kappa shape index (κ1) is 10.0. The van der Waals surface area contributed by atoms with Gasteiger partial charge in [0.1, 0.15) is 11.8 Å². The molecule has 0 radical (unpaired) electrons. The van der Waals surface area contributed by atoms with E-state index in [9.17, 15) is 0 Å². The van der Waals surface area contributed by atoms with Gasteiger partial charge in [-0.15, -0.1) is 11.8 Å². The lowest BCUT2D eigenvalue weighted by Gasteiger charge is -1.99. The lowest BCUT2D eigenvalue weighted by molar-refractivity contribution is 0.218. The fourth-order valence-electron chi connectivity index (χ4n) is 0.805. The van der Waals surface area contributed by atoms with Gasteiger partial charge in [0.05, 0.1) is 6.61 Å². The van der Waals surface area contributed by atoms with Crippen LogP contribution < -0.4 is 0 Å². The fraction of sp³-hybridized carbons (Fsp3) is 0.333. The Kier molecular flexibility index (Phi) is 4.30. The van der Waals surface area contributed by atoms with E-state index in [1.165, 1.54) is 0 Å². The van der Waals surface area contributed by atoms with Gasteiger partial charge in [0.25, 0.3) is 0 Å². The molecule has 0 N–H and O–H groups in total. The molecule has 68 valence electrons. The predicted octanol–water partition coefficient (Wildman–Crippen LogP) is 1.69. The number of thioether (sulfide) groups is 1. The second-order valence-corrected chi connectivity index (χ2v) is 3.50. The van der Waals surface area contributed by atoms with E-state index in [0.717, 1.165) is 17.3 Å². The van der Waals surface area contributed by atoms with Crippen LogP contribution in [0.25, 0.3) is 0 Å². The maximum atomic E-state index is 8.59. The van der Waals surface area contributed by atoms with E-state index in [1.54, 1.807) is 31.1 Å². The largest absolute Gasteiger partial charge is 0.384 e. The molecule has 0 amide bonds. The molecule has 0 spiro atoms. The lowest BCUT2D eigenvalue weighted by atomic mass is 10.4. The highest BCUT2D eigenvalue weighted by Crippen LogP contribution is 2.16. The highest BCUT2D eigenvalue weighted by atomic mass is 32.2. The second-order valence-electron chi connectivity index (χ2n) is 2.33. The van der Waals surface area contributed by atoms with Crippen LogP contribution in [0.2, 0.25) is 0 Å². The summed E-state index contributed by atoms with van der Waals surface area (Å²) in [6.07, 6.45) is 1.65. The normalized spacial score (nSPS) is 9.54. The zero-order chi connectivity index (χ0) is 9.52. The number of methoxy groups -OCH3 is 1. The zero-order valence-electron chi connectivity index (χ0n) is 7.36. The highest BCUT2D eigenvalue weighted by Gasteiger charge is 1.96. The Morgan fingerprint density at radius 3 is 3.23 bits per heavy atom. The summed E-state index contributed by atoms with van der Waals surface area (Å²) in [5.74, 6) is 0.894. The van der Waals surface area contributed by atoms with Crippen molar-refractivity contribution in [2.75, 3.05) is 19.5 Å². The summed E-state index contributed by atoms with van der Waals surface area (Å²) in [6.45, 7) is 0.717. The van der Waals surface area contributed by atoms with E-state index in [-0.39, 0.29) is 0 Å². The summed E-state index contributed by atoms with van der Waals surface area (Å²) in [5, 5.41) is 8.59. The third-order valence-electron chi connectivity index (χ3n) is 1.40. The van der Waals surface area contributed by atoms with Crippen molar-refractivity contribution in [1.82, 2.24) is 4.98 Å². The summed E-state index contributed by atoms with van der Waals surface area (Å²) in [5.41, 5.74) is 0.461. The minimum atomic E-state index is 0.461. The van der Waals surface area contributed by atoms with Crippen LogP contribution in [0.5, 0.6) is 0 Å². The molecular formula is C9H10N2OS. The van der Waals surface area contributed by atoms with Crippen LogP contribution in [0.15, 0.2) is 23.2 Å². The molecule has 0 aromatic carbocycles. The summed E-state index contributed by atoms with van der Waals surface area (Å²) in [7, 11) is 1.67. The monoisotopic (exact) mass is 194 g/mol. The summed E-state index contributed by atoms with van der Waals surface area (Å²) in [6, 6.07) is 5.67. The van der Waals surface area contributed by atoms with Crippen LogP contribution in [-0.2, 0) is 4.74 Å². The van der Waals surface area contributed by atoms with Crippen molar-refractivity contribution >= 4 is 11.8 Å². The van der Waals surface area contributed by atoms with Crippen LogP contribution in [0.1, 0.15) is 5.69 Å². The van der Waals surface area contributed by atoms with Gasteiger partial charge in [-0.1, -0.05) is 0 Å². The third-order valence-corrected chi connectivity index (χ3v) is 2.36. The number of aromatic nitrogens is 1. The Labute approximate surface area is 81.7 Å². The molecule has 0 unspecified atom stereocenters. The first-order chi connectivity index (χ1) is 6.36. The maximum Gasteiger partial charge on any atom is 0.141 e. The van der Waals surface area contributed by atoms with Crippen molar-refractivity contribution < 1.29 is 4.74 Å². The number of pyridine rings is 1. The van der Waals surface area contributed by atoms with Crippen molar-refractivity contribution in [1.29, 1.82) is 5.26 Å². The first-order valence-electron chi connectivity index (χ1n) is 3.84. The molecule has 0 atom stereocenters. The van der Waals surface area contributed by atoms with E-state index in [0.29, 0.717) is 5.69 Å². The van der Waals surface area contributed by atoms with Crippen LogP contribution in [0, 0.1) is 11.3 Å². The number of rotatable bonds is 4. The standard InChI is InChI=1S/C9H10N2OS/c1-12-4-5-13-9-2-3-11-8(6-9)7-10/h2-3,6H,4-5H2,1H3. The van der Waals surface area contributed by atoms with E-state index in [4.69, 9.17) is 10.00 Å². The van der Waals surface area contributed by atoms with Gasteiger partial charge in [-0.05, 0) is 12.1 Å². The van der Waals surface area contributed by atoms with Crippen LogP contribution in [-0.4, -0.2) is 24.5 Å². The molecule has 13 heavy (non-hydrogen) atoms. The average Bonchev–Trinajstić information content (AvgIpc) is 2.19. The molecular weight excluding hydrogens is 184 g/mol. The van der Waals surface area contributed by atoms with Crippen molar-refractivity contribution in [3.05, 3.63) is 24.0 Å². The molecule has 0 saturated carbocycles. The van der Waals surface area contributed by atoms with Crippen LogP contribution in [0.4, 0.5) is 0 Å². The Morgan fingerprint density at radius 2 is 2.54 bits per heavy atom. The number of nitrogens with zero attached hydrogens (tertiary/aromatic N) is 2. The van der Waals surface area contributed by atoms with Gasteiger partial charge < -0.3 is 4.74 Å². The maximum absolute atomic E-state index is 8.59. The number of hydrogen-bond acceptors (Lipinski definition) is 4. The lowest BCUT2D eigenvalue weighted by Crippen LogP contribution is -1.91. The summed E-state index contributed by atoms with van der Waals surface area (Å²) >= 11 is 1.66. The number of ether oxygens (including phenoxy) is 1. The van der Waals surface area contributed by atoms with E-state index < -0.39 is 0 Å². The van der Waals surface area contributed by atoms with Gasteiger partial charge in [-0.2, -0.15) is 5.26 Å². The molecule has 0 bridgehead atoms. The predicted molar refractivity (Wildman–Crippen MR) is 51.6 cm³/mol. The Balaban J connectivity index is 2.52. The number of hydrogen-bond donors (Lipinski definition) is 0. The smallest absolute Gasteiger partial charge is 0.141 e. The Morgan fingerprint density at radius 1 is 1.69 bits per heavy atom. The zero-order valence-corrected chi connectivity index (χ0v) is 8.17. The summed E-state index contributed by atoms with van der Waals surface area (Å²) in [4.78, 5) is 4.94. The van der Waals surface area contributed by atoms with Gasteiger partial charge in [0.2, 0.25) is 0 Å². The van der Waals surface area contributed by atoms with Crippen molar-refractivity contribution in [3.8, 4) is 6.07 Å². The third kappa shape index (κ3) is 3.45. The Hall–Kier alpha value is -1.05. The van der Waals surface area contributed by atoms with E-state index >= 15 is 0 Å². The van der Waals surface area contributed by atoms with Crippen molar-refractivity contribution in [3.63, 3.8) is 0 Å². The average molecular weight is 194 g/mol. The molecule has 0 aliphatic rings. The molecule has 0 fully saturated rings. The van der Waals surface area contributed by atoms with Crippen LogP contribution in [0.3, 0.4) is 0 Å². The van der Waals surface area contributed by atoms with Gasteiger partial charge in [0.15, 0.2) is 0 Å². The second kappa shape index (κ2) is 5.57. The summed E-state index contributed by atoms with van der Waals surface area (Å²) < 4.78 is 4.92. The topological polar surface area (TPSA) is 45.9 Å². The van der Waals surface area contributed by atoms with Crippen molar-refractivity contribution in [2.24, 2.45) is 0 Å². The molecule has 0 aliphatic heterocycles. The van der Waals surface area contributed by atoms with Gasteiger partial charge >= 0.3 is 0 Å². The fourth-order valence-corrected chi connectivity index (χ4v) is 1.64. The minimum Gasteiger partial charge on any atom is -0.384 e. The molecule has 3 nitrogen and oxygen atoms in total. The van der Waals surface area contributed by atoms with Crippen LogP contribution >= 0.6 is 11.8 Å². The molecule has 0 saturated heterocycles. The van der Waals surface area contributed by atoms with Gasteiger partial charge in [-0.25, -0.2) is 4.98 Å². The highest BCUT2D eigenvalue weighted by molar-refractivity contribution is 7.99. The van der Waals surface area contributed by atoms with E-state index in [2.05, 4.69) is 4.98 Å². The molecule has 1 aromatic rings. The number of nitriles is 1. The Bertz CT molecular complexity index is 309. The molecule has 4 heteroatoms. The molecule has 1 heterocycles. The first-order valence-corrected chi connectivity index (χ1v) is 4.83. The van der Waals surface area contributed by atoms with E-state index in [1.807, 2.05) is 12.1 Å². The molecule has 1 rings (SSSR count). The minimum absolute atomic E-state index is 0.461. The molecule has 1 aromatic heterocycles. The van der Waals surface area contributed by atoms with Gasteiger partial charge in [-0.3, -0.25) is 0 Å². The quantitative estimate of drug-likeness (QED) is 0.540. The van der Waals surface area contributed by atoms with Crippen molar-refractivity contribution in [2.45, 2.75) is 4.90 Å². The SMILES string of the molecule is COCCSc1ccnc(C#N)c1. The molecule has 0 aliphatic carbocycles. The van der Waals surface area contributed by atoms with Gasteiger partial charge in [0, 0.05) is 24.0 Å².